The smallest absolute Gasteiger partial charge is 0.0654 e. The fraction of sp³-hybridized carbons (Fsp3) is 0.333. The first-order valence-electron chi connectivity index (χ1n) is 7.38. The largest absolute Gasteiger partial charge is 0.115 e. The summed E-state index contributed by atoms with van der Waals surface area (Å²) in [7, 11) is -1.54. The van der Waals surface area contributed by atoms with Gasteiger partial charge in [0, 0.05) is 0 Å². The zero-order chi connectivity index (χ0) is 13.6. The van der Waals surface area contributed by atoms with Crippen LogP contribution in [0.15, 0.2) is 60.7 Å². The second-order valence-electron chi connectivity index (χ2n) is 5.52. The molecule has 0 amide bonds. The second-order valence-corrected chi connectivity index (χ2v) is 9.84. The summed E-state index contributed by atoms with van der Waals surface area (Å²) < 4.78 is 0. The summed E-state index contributed by atoms with van der Waals surface area (Å²) in [4.78, 5) is 0. The minimum absolute atomic E-state index is 1.30. The van der Waals surface area contributed by atoms with Crippen molar-refractivity contribution in [2.75, 3.05) is 0 Å². The summed E-state index contributed by atoms with van der Waals surface area (Å²) in [6.07, 6.45) is 4.00. The molecule has 0 fully saturated rings. The second kappa shape index (κ2) is 6.72. The van der Waals surface area contributed by atoms with Gasteiger partial charge in [-0.2, -0.15) is 0 Å². The number of hydrogen-bond acceptors (Lipinski definition) is 0. The van der Waals surface area contributed by atoms with Gasteiger partial charge in [0.15, 0.2) is 0 Å². The molecule has 0 nitrogen and oxygen atoms in total. The predicted octanol–water partition coefficient (Wildman–Crippen LogP) is 4.07. The van der Waals surface area contributed by atoms with Gasteiger partial charge in [0.1, 0.15) is 8.07 Å². The number of hydrogen-bond donors (Lipinski definition) is 0. The van der Waals surface area contributed by atoms with Crippen LogP contribution in [0.5, 0.6) is 0 Å². The first-order chi connectivity index (χ1) is 9.27. The van der Waals surface area contributed by atoms with Gasteiger partial charge in [-0.3, -0.25) is 0 Å². The quantitative estimate of drug-likeness (QED) is 0.547. The topological polar surface area (TPSA) is 0 Å². The van der Waals surface area contributed by atoms with Crippen molar-refractivity contribution >= 4 is 18.4 Å². The van der Waals surface area contributed by atoms with Crippen LogP contribution >= 0.6 is 0 Å². The molecule has 0 saturated heterocycles. The Hall–Kier alpha value is -1.34. The molecule has 2 aromatic rings. The summed E-state index contributed by atoms with van der Waals surface area (Å²) in [5.74, 6) is 0. The molecule has 0 saturated carbocycles. The van der Waals surface area contributed by atoms with Crippen LogP contribution in [-0.4, -0.2) is 8.07 Å². The molecule has 0 aliphatic heterocycles. The lowest BCUT2D eigenvalue weighted by Gasteiger charge is -2.28. The van der Waals surface area contributed by atoms with Gasteiger partial charge in [-0.05, 0) is 6.04 Å². The first-order valence-corrected chi connectivity index (χ1v) is 10.1. The van der Waals surface area contributed by atoms with Crippen LogP contribution in [0.3, 0.4) is 0 Å². The van der Waals surface area contributed by atoms with E-state index in [1.54, 1.807) is 10.4 Å². The number of unbranched alkanes of at least 4 members (excludes halogenated alkanes) is 2. The maximum absolute atomic E-state index is 2.52. The summed E-state index contributed by atoms with van der Waals surface area (Å²) in [6, 6.07) is 23.6. The van der Waals surface area contributed by atoms with Crippen molar-refractivity contribution in [3.63, 3.8) is 0 Å². The molecule has 100 valence electrons. The molecule has 0 radical (unpaired) electrons. The number of benzene rings is 2. The average molecular weight is 268 g/mol. The Bertz CT molecular complexity index is 436. The zero-order valence-corrected chi connectivity index (χ0v) is 13.1. The van der Waals surface area contributed by atoms with Gasteiger partial charge in [-0.1, -0.05) is 104 Å². The van der Waals surface area contributed by atoms with Crippen LogP contribution in [0.25, 0.3) is 0 Å². The van der Waals surface area contributed by atoms with Crippen molar-refractivity contribution in [1.29, 1.82) is 0 Å². The maximum atomic E-state index is 2.52. The van der Waals surface area contributed by atoms with E-state index in [2.05, 4.69) is 74.1 Å². The van der Waals surface area contributed by atoms with Crippen LogP contribution in [-0.2, 0) is 0 Å². The van der Waals surface area contributed by atoms with Crippen LogP contribution in [0, 0.1) is 0 Å². The Labute approximate surface area is 118 Å². The van der Waals surface area contributed by atoms with Gasteiger partial charge in [-0.25, -0.2) is 0 Å². The fourth-order valence-corrected chi connectivity index (χ4v) is 6.52. The maximum Gasteiger partial charge on any atom is 0.115 e. The van der Waals surface area contributed by atoms with Gasteiger partial charge < -0.3 is 0 Å². The number of rotatable bonds is 6. The zero-order valence-electron chi connectivity index (χ0n) is 12.1. The molecule has 0 atom stereocenters. The first kappa shape index (κ1) is 14.1. The Kier molecular flexibility index (Phi) is 4.98. The van der Waals surface area contributed by atoms with E-state index in [1.807, 2.05) is 0 Å². The summed E-state index contributed by atoms with van der Waals surface area (Å²) in [5.41, 5.74) is 0. The highest BCUT2D eigenvalue weighted by atomic mass is 28.3. The molecule has 2 rings (SSSR count). The lowest BCUT2D eigenvalue weighted by molar-refractivity contribution is 0.765. The molecule has 0 bridgehead atoms. The van der Waals surface area contributed by atoms with E-state index in [0.717, 1.165) is 0 Å². The summed E-state index contributed by atoms with van der Waals surface area (Å²) in [5, 5.41) is 3.13. The van der Waals surface area contributed by atoms with E-state index in [9.17, 15) is 0 Å². The third-order valence-electron chi connectivity index (χ3n) is 4.10. The Balaban J connectivity index is 2.33. The highest BCUT2D eigenvalue weighted by Gasteiger charge is 2.30. The molecule has 0 unspecified atom stereocenters. The minimum Gasteiger partial charge on any atom is -0.0654 e. The Morgan fingerprint density at radius 3 is 1.63 bits per heavy atom. The van der Waals surface area contributed by atoms with Gasteiger partial charge in [-0.15, -0.1) is 0 Å². The standard InChI is InChI=1S/C18H24Si/c1-3-4-11-16-19(2,17-12-7-5-8-13-17)18-14-9-6-10-15-18/h5-10,12-15H,3-4,11,16H2,1-2H3. The van der Waals surface area contributed by atoms with E-state index in [0.29, 0.717) is 0 Å². The van der Waals surface area contributed by atoms with Crippen LogP contribution in [0.4, 0.5) is 0 Å². The normalized spacial score (nSPS) is 11.5. The third kappa shape index (κ3) is 3.36. The molecule has 0 heterocycles. The molecular weight excluding hydrogens is 244 g/mol. The van der Waals surface area contributed by atoms with E-state index < -0.39 is 8.07 Å². The average Bonchev–Trinajstić information content (AvgIpc) is 2.49. The van der Waals surface area contributed by atoms with Gasteiger partial charge >= 0.3 is 0 Å². The molecule has 0 spiro atoms. The monoisotopic (exact) mass is 268 g/mol. The van der Waals surface area contributed by atoms with E-state index >= 15 is 0 Å². The molecule has 0 aliphatic carbocycles. The van der Waals surface area contributed by atoms with Gasteiger partial charge in [0.05, 0.1) is 0 Å². The molecule has 0 aliphatic rings. The van der Waals surface area contributed by atoms with Crippen LogP contribution in [0.1, 0.15) is 26.2 Å². The molecule has 0 N–H and O–H groups in total. The van der Waals surface area contributed by atoms with Crippen molar-refractivity contribution in [3.8, 4) is 0 Å². The van der Waals surface area contributed by atoms with Crippen molar-refractivity contribution in [1.82, 2.24) is 0 Å². The molecule has 19 heavy (non-hydrogen) atoms. The molecular formula is C18H24Si. The minimum atomic E-state index is -1.54. The fourth-order valence-electron chi connectivity index (χ4n) is 2.80. The predicted molar refractivity (Wildman–Crippen MR) is 88.1 cm³/mol. The molecule has 2 aromatic carbocycles. The highest BCUT2D eigenvalue weighted by Crippen LogP contribution is 2.15. The van der Waals surface area contributed by atoms with Crippen molar-refractivity contribution < 1.29 is 0 Å². The van der Waals surface area contributed by atoms with Crippen LogP contribution < -0.4 is 10.4 Å². The van der Waals surface area contributed by atoms with Gasteiger partial charge in [0.25, 0.3) is 0 Å². The van der Waals surface area contributed by atoms with Crippen molar-refractivity contribution in [3.05, 3.63) is 60.7 Å². The van der Waals surface area contributed by atoms with E-state index in [-0.39, 0.29) is 0 Å². The van der Waals surface area contributed by atoms with E-state index in [4.69, 9.17) is 0 Å². The van der Waals surface area contributed by atoms with E-state index in [1.165, 1.54) is 25.3 Å². The van der Waals surface area contributed by atoms with Crippen molar-refractivity contribution in [2.45, 2.75) is 38.8 Å². The Morgan fingerprint density at radius 2 is 1.21 bits per heavy atom. The SMILES string of the molecule is CCCCC[Si](C)(c1ccccc1)c1ccccc1. The third-order valence-corrected chi connectivity index (χ3v) is 8.67. The molecule has 0 aromatic heterocycles. The summed E-state index contributed by atoms with van der Waals surface area (Å²) >= 11 is 0. The van der Waals surface area contributed by atoms with Crippen LogP contribution in [0.2, 0.25) is 12.6 Å². The lowest BCUT2D eigenvalue weighted by Crippen LogP contribution is -2.55. The van der Waals surface area contributed by atoms with Crippen molar-refractivity contribution in [2.24, 2.45) is 0 Å². The summed E-state index contributed by atoms with van der Waals surface area (Å²) in [6.45, 7) is 4.80. The highest BCUT2D eigenvalue weighted by molar-refractivity contribution is 7.01. The molecule has 1 heteroatoms. The van der Waals surface area contributed by atoms with Gasteiger partial charge in [0.2, 0.25) is 0 Å². The lowest BCUT2D eigenvalue weighted by atomic mass is 10.3. The Morgan fingerprint density at radius 1 is 0.737 bits per heavy atom.